The lowest BCUT2D eigenvalue weighted by atomic mass is 10.1. The lowest BCUT2D eigenvalue weighted by Gasteiger charge is -2.34. The summed E-state index contributed by atoms with van der Waals surface area (Å²) in [4.78, 5) is 9.46. The van der Waals surface area contributed by atoms with Crippen LogP contribution in [0.1, 0.15) is 30.9 Å². The Kier molecular flexibility index (Phi) is 14.0. The minimum atomic E-state index is 0. The van der Waals surface area contributed by atoms with Gasteiger partial charge in [0, 0.05) is 52.9 Å². The molecular weight excluding hydrogens is 481 g/mol. The van der Waals surface area contributed by atoms with Gasteiger partial charge in [0.15, 0.2) is 5.96 Å². The summed E-state index contributed by atoms with van der Waals surface area (Å²) in [5.74, 6) is 2.12. The molecule has 28 heavy (non-hydrogen) atoms. The van der Waals surface area contributed by atoms with Gasteiger partial charge in [0.1, 0.15) is 0 Å². The number of guanidine groups is 1. The van der Waals surface area contributed by atoms with Crippen molar-refractivity contribution in [1.29, 1.82) is 0 Å². The van der Waals surface area contributed by atoms with Crippen LogP contribution in [0, 0.1) is 0 Å². The Morgan fingerprint density at radius 2 is 1.71 bits per heavy atom. The minimum Gasteiger partial charge on any atom is -0.356 e. The molecule has 0 aromatic heterocycles. The van der Waals surface area contributed by atoms with E-state index in [0.29, 0.717) is 0 Å². The van der Waals surface area contributed by atoms with E-state index in [0.717, 1.165) is 45.2 Å². The Morgan fingerprint density at radius 1 is 1.04 bits per heavy atom. The maximum absolute atomic E-state index is 4.36. The monoisotopic (exact) mass is 519 g/mol. The predicted octanol–water partition coefficient (Wildman–Crippen LogP) is 3.25. The van der Waals surface area contributed by atoms with Crippen LogP contribution in [-0.2, 0) is 13.1 Å². The largest absolute Gasteiger partial charge is 0.356 e. The maximum Gasteiger partial charge on any atom is 0.191 e. The molecule has 1 heterocycles. The molecule has 160 valence electrons. The van der Waals surface area contributed by atoms with Gasteiger partial charge in [-0.05, 0) is 42.5 Å². The minimum absolute atomic E-state index is 0. The highest BCUT2D eigenvalue weighted by molar-refractivity contribution is 14.0. The van der Waals surface area contributed by atoms with E-state index in [1.54, 1.807) is 0 Å². The van der Waals surface area contributed by atoms with Crippen LogP contribution in [0.4, 0.5) is 0 Å². The van der Waals surface area contributed by atoms with Crippen LogP contribution in [0.2, 0.25) is 0 Å². The number of thioether (sulfide) groups is 1. The van der Waals surface area contributed by atoms with Crippen LogP contribution in [-0.4, -0.2) is 74.1 Å². The van der Waals surface area contributed by atoms with Crippen molar-refractivity contribution < 1.29 is 0 Å². The molecule has 2 rings (SSSR count). The Morgan fingerprint density at radius 3 is 2.36 bits per heavy atom. The van der Waals surface area contributed by atoms with Gasteiger partial charge >= 0.3 is 0 Å². The highest BCUT2D eigenvalue weighted by Crippen LogP contribution is 2.13. The van der Waals surface area contributed by atoms with Crippen molar-refractivity contribution in [3.8, 4) is 0 Å². The summed E-state index contributed by atoms with van der Waals surface area (Å²) in [5.41, 5.74) is 2.78. The van der Waals surface area contributed by atoms with E-state index in [4.69, 9.17) is 0 Å². The fourth-order valence-electron chi connectivity index (χ4n) is 3.37. The van der Waals surface area contributed by atoms with Crippen LogP contribution in [0.15, 0.2) is 29.3 Å². The van der Waals surface area contributed by atoms with E-state index in [-0.39, 0.29) is 24.0 Å². The van der Waals surface area contributed by atoms with E-state index in [1.807, 2.05) is 18.8 Å². The molecule has 0 amide bonds. The predicted molar refractivity (Wildman–Crippen MR) is 135 cm³/mol. The number of likely N-dealkylation sites (N-methyl/N-ethyl adjacent to an activating group) is 1. The Hall–Kier alpha value is -0.510. The second kappa shape index (κ2) is 15.3. The number of halogens is 1. The van der Waals surface area contributed by atoms with Crippen molar-refractivity contribution in [3.63, 3.8) is 0 Å². The molecule has 1 fully saturated rings. The zero-order chi connectivity index (χ0) is 19.3. The van der Waals surface area contributed by atoms with Crippen LogP contribution < -0.4 is 10.6 Å². The van der Waals surface area contributed by atoms with E-state index >= 15 is 0 Å². The van der Waals surface area contributed by atoms with E-state index in [1.165, 1.54) is 42.8 Å². The Labute approximate surface area is 193 Å². The molecule has 0 saturated carbocycles. The highest BCUT2D eigenvalue weighted by Gasteiger charge is 2.16. The third kappa shape index (κ3) is 9.33. The smallest absolute Gasteiger partial charge is 0.191 e. The van der Waals surface area contributed by atoms with Crippen molar-refractivity contribution in [3.05, 3.63) is 35.4 Å². The highest BCUT2D eigenvalue weighted by atomic mass is 127. The topological polar surface area (TPSA) is 42.9 Å². The summed E-state index contributed by atoms with van der Waals surface area (Å²) in [5, 5.41) is 6.90. The molecule has 0 unspecified atom stereocenters. The first kappa shape index (κ1) is 25.5. The third-order valence-electron chi connectivity index (χ3n) is 5.16. The second-order valence-electron chi connectivity index (χ2n) is 7.03. The van der Waals surface area contributed by atoms with Crippen molar-refractivity contribution in [2.45, 2.75) is 32.9 Å². The molecule has 0 atom stereocenters. The van der Waals surface area contributed by atoms with Crippen molar-refractivity contribution in [1.82, 2.24) is 20.4 Å². The van der Waals surface area contributed by atoms with Crippen LogP contribution >= 0.6 is 35.7 Å². The maximum atomic E-state index is 4.36. The van der Waals surface area contributed by atoms with E-state index < -0.39 is 0 Å². The van der Waals surface area contributed by atoms with Crippen molar-refractivity contribution >= 4 is 41.7 Å². The number of aliphatic imine (C=N–C) groups is 1. The molecule has 0 radical (unpaired) electrons. The molecule has 1 aromatic carbocycles. The molecule has 1 aliphatic heterocycles. The number of nitrogens with one attached hydrogen (secondary N) is 2. The first-order chi connectivity index (χ1) is 13.3. The van der Waals surface area contributed by atoms with Gasteiger partial charge in [-0.3, -0.25) is 9.89 Å². The molecule has 0 aliphatic carbocycles. The number of rotatable bonds is 10. The summed E-state index contributed by atoms with van der Waals surface area (Å²) in [6.07, 6.45) is 4.59. The molecule has 0 bridgehead atoms. The number of benzene rings is 1. The normalized spacial score (nSPS) is 15.9. The molecule has 5 nitrogen and oxygen atoms in total. The van der Waals surface area contributed by atoms with Crippen LogP contribution in [0.3, 0.4) is 0 Å². The molecular formula is C21H38IN5S. The van der Waals surface area contributed by atoms with Crippen LogP contribution in [0.5, 0.6) is 0 Å². The Bertz CT molecular complexity index is 561. The quantitative estimate of drug-likeness (QED) is 0.215. The number of hydrogen-bond donors (Lipinski definition) is 2. The summed E-state index contributed by atoms with van der Waals surface area (Å²) >= 11 is 1.91. The standard InChI is InChI=1S/C21H37N5S.HI/c1-4-25-12-14-26(15-13-25)18-20-10-6-5-9-19(20)17-24-21(22-2)23-11-7-8-16-27-3;/h5-6,9-10H,4,7-8,11-18H2,1-3H3,(H2,22,23,24);1H. The van der Waals surface area contributed by atoms with Crippen molar-refractivity contribution in [2.75, 3.05) is 58.3 Å². The van der Waals surface area contributed by atoms with Gasteiger partial charge in [-0.1, -0.05) is 31.2 Å². The molecule has 0 spiro atoms. The Balaban J connectivity index is 0.00000392. The van der Waals surface area contributed by atoms with Gasteiger partial charge in [-0.15, -0.1) is 24.0 Å². The summed E-state index contributed by atoms with van der Waals surface area (Å²) in [7, 11) is 1.84. The lowest BCUT2D eigenvalue weighted by molar-refractivity contribution is 0.131. The first-order valence-corrected chi connectivity index (χ1v) is 11.6. The fourth-order valence-corrected chi connectivity index (χ4v) is 3.86. The van der Waals surface area contributed by atoms with Gasteiger partial charge in [0.05, 0.1) is 0 Å². The number of piperazine rings is 1. The van der Waals surface area contributed by atoms with Gasteiger partial charge in [0.2, 0.25) is 0 Å². The molecule has 2 N–H and O–H groups in total. The number of nitrogens with zero attached hydrogens (tertiary/aromatic N) is 3. The molecule has 1 saturated heterocycles. The number of unbranched alkanes of at least 4 members (excludes halogenated alkanes) is 1. The molecule has 7 heteroatoms. The zero-order valence-corrected chi connectivity index (χ0v) is 20.9. The van der Waals surface area contributed by atoms with Gasteiger partial charge < -0.3 is 15.5 Å². The third-order valence-corrected chi connectivity index (χ3v) is 5.86. The fraction of sp³-hybridized carbons (Fsp3) is 0.667. The average molecular weight is 520 g/mol. The van der Waals surface area contributed by atoms with Gasteiger partial charge in [-0.2, -0.15) is 11.8 Å². The summed E-state index contributed by atoms with van der Waals surface area (Å²) in [6.45, 7) is 10.9. The van der Waals surface area contributed by atoms with E-state index in [9.17, 15) is 0 Å². The summed E-state index contributed by atoms with van der Waals surface area (Å²) in [6, 6.07) is 8.78. The summed E-state index contributed by atoms with van der Waals surface area (Å²) < 4.78 is 0. The molecule has 1 aromatic rings. The zero-order valence-electron chi connectivity index (χ0n) is 17.7. The van der Waals surface area contributed by atoms with Gasteiger partial charge in [-0.25, -0.2) is 0 Å². The number of hydrogen-bond acceptors (Lipinski definition) is 4. The van der Waals surface area contributed by atoms with Gasteiger partial charge in [0.25, 0.3) is 0 Å². The van der Waals surface area contributed by atoms with E-state index in [2.05, 4.69) is 62.9 Å². The second-order valence-corrected chi connectivity index (χ2v) is 8.02. The first-order valence-electron chi connectivity index (χ1n) is 10.2. The van der Waals surface area contributed by atoms with Crippen molar-refractivity contribution in [2.24, 2.45) is 4.99 Å². The molecule has 1 aliphatic rings. The SMILES string of the molecule is CCN1CCN(Cc2ccccc2CNC(=NC)NCCCCSC)CC1.I. The van der Waals surface area contributed by atoms with Crippen LogP contribution in [0.25, 0.3) is 0 Å². The average Bonchev–Trinajstić information content (AvgIpc) is 2.71. The lowest BCUT2D eigenvalue weighted by Crippen LogP contribution is -2.45.